The highest BCUT2D eigenvalue weighted by molar-refractivity contribution is 5.54. The maximum absolute atomic E-state index is 10.1. The summed E-state index contributed by atoms with van der Waals surface area (Å²) in [6.45, 7) is 1.98. The number of aryl methyl sites for hydroxylation is 1. The molecule has 1 atom stereocenters. The van der Waals surface area contributed by atoms with Crippen LogP contribution in [-0.2, 0) is 6.42 Å². The van der Waals surface area contributed by atoms with Crippen molar-refractivity contribution in [2.75, 3.05) is 32.5 Å². The van der Waals surface area contributed by atoms with Gasteiger partial charge in [0, 0.05) is 18.8 Å². The Bertz CT molecular complexity index is 376. The maximum Gasteiger partial charge on any atom is 0.0802 e. The summed E-state index contributed by atoms with van der Waals surface area (Å²) in [7, 11) is 4.06. The summed E-state index contributed by atoms with van der Waals surface area (Å²) in [5, 5.41) is 13.5. The van der Waals surface area contributed by atoms with Crippen molar-refractivity contribution in [2.24, 2.45) is 0 Å². The molecular weight excluding hydrogens is 212 g/mol. The lowest BCUT2D eigenvalue weighted by Gasteiger charge is -2.21. The first-order valence-electron chi connectivity index (χ1n) is 6.36. The van der Waals surface area contributed by atoms with Crippen LogP contribution in [0.2, 0.25) is 0 Å². The lowest BCUT2D eigenvalue weighted by Crippen LogP contribution is -2.16. The zero-order chi connectivity index (χ0) is 12.3. The number of rotatable bonds is 4. The Hall–Kier alpha value is -1.06. The second-order valence-corrected chi connectivity index (χ2v) is 5.05. The van der Waals surface area contributed by atoms with Gasteiger partial charge in [0.1, 0.15) is 0 Å². The van der Waals surface area contributed by atoms with E-state index in [1.807, 2.05) is 20.2 Å². The number of nitrogens with one attached hydrogen (secondary N) is 1. The molecule has 2 rings (SSSR count). The number of nitrogens with zero attached hydrogens (tertiary/aromatic N) is 1. The molecule has 3 heteroatoms. The fraction of sp³-hybridized carbons (Fsp3) is 0.571. The van der Waals surface area contributed by atoms with E-state index in [0.29, 0.717) is 0 Å². The van der Waals surface area contributed by atoms with Crippen LogP contribution in [-0.4, -0.2) is 37.2 Å². The summed E-state index contributed by atoms with van der Waals surface area (Å²) in [6.07, 6.45) is 2.75. The summed E-state index contributed by atoms with van der Waals surface area (Å²) in [6, 6.07) is 6.29. The lowest BCUT2D eigenvalue weighted by atomic mass is 9.97. The summed E-state index contributed by atoms with van der Waals surface area (Å²) >= 11 is 0. The minimum atomic E-state index is -0.343. The molecule has 0 aliphatic carbocycles. The largest absolute Gasteiger partial charge is 0.388 e. The van der Waals surface area contributed by atoms with E-state index in [1.165, 1.54) is 17.7 Å². The molecule has 3 nitrogen and oxygen atoms in total. The molecule has 0 bridgehead atoms. The fourth-order valence-electron chi connectivity index (χ4n) is 2.25. The molecule has 0 fully saturated rings. The minimum absolute atomic E-state index is 0.343. The van der Waals surface area contributed by atoms with E-state index in [-0.39, 0.29) is 6.10 Å². The van der Waals surface area contributed by atoms with Crippen molar-refractivity contribution in [3.63, 3.8) is 0 Å². The molecule has 1 aliphatic heterocycles. The first kappa shape index (κ1) is 12.4. The Labute approximate surface area is 103 Å². The zero-order valence-corrected chi connectivity index (χ0v) is 10.7. The van der Waals surface area contributed by atoms with Crippen LogP contribution < -0.4 is 5.32 Å². The van der Waals surface area contributed by atoms with Gasteiger partial charge in [-0.25, -0.2) is 0 Å². The lowest BCUT2D eigenvalue weighted by molar-refractivity contribution is 0.154. The molecule has 1 aromatic rings. The van der Waals surface area contributed by atoms with Gasteiger partial charge in [-0.05, 0) is 50.6 Å². The van der Waals surface area contributed by atoms with Crippen LogP contribution in [0.3, 0.4) is 0 Å². The van der Waals surface area contributed by atoms with E-state index < -0.39 is 0 Å². The molecule has 2 N–H and O–H groups in total. The van der Waals surface area contributed by atoms with Crippen LogP contribution in [0.4, 0.5) is 5.69 Å². The second-order valence-electron chi connectivity index (χ2n) is 5.05. The molecule has 0 spiro atoms. The van der Waals surface area contributed by atoms with Gasteiger partial charge in [0.2, 0.25) is 0 Å². The number of aliphatic hydroxyl groups is 1. The molecule has 94 valence electrons. The van der Waals surface area contributed by atoms with Crippen molar-refractivity contribution in [1.82, 2.24) is 4.90 Å². The average Bonchev–Trinajstić information content (AvgIpc) is 2.35. The highest BCUT2D eigenvalue weighted by atomic mass is 16.3. The van der Waals surface area contributed by atoms with Gasteiger partial charge < -0.3 is 15.3 Å². The third-order valence-corrected chi connectivity index (χ3v) is 3.30. The summed E-state index contributed by atoms with van der Waals surface area (Å²) < 4.78 is 0. The van der Waals surface area contributed by atoms with Crippen molar-refractivity contribution in [1.29, 1.82) is 0 Å². The SMILES string of the molecule is CN(C)CCC(O)c1ccc2c(c1)CCCN2. The fourth-order valence-corrected chi connectivity index (χ4v) is 2.25. The summed E-state index contributed by atoms with van der Waals surface area (Å²) in [5.41, 5.74) is 3.63. The topological polar surface area (TPSA) is 35.5 Å². The number of fused-ring (bicyclic) bond motifs is 1. The van der Waals surface area contributed by atoms with E-state index in [0.717, 1.165) is 31.5 Å². The van der Waals surface area contributed by atoms with Gasteiger partial charge in [-0.3, -0.25) is 0 Å². The minimum Gasteiger partial charge on any atom is -0.388 e. The number of aliphatic hydroxyl groups excluding tert-OH is 1. The summed E-state index contributed by atoms with van der Waals surface area (Å²) in [4.78, 5) is 2.10. The van der Waals surface area contributed by atoms with Crippen LogP contribution >= 0.6 is 0 Å². The van der Waals surface area contributed by atoms with Crippen LogP contribution in [0, 0.1) is 0 Å². The van der Waals surface area contributed by atoms with Crippen molar-refractivity contribution in [3.8, 4) is 0 Å². The van der Waals surface area contributed by atoms with E-state index in [2.05, 4.69) is 22.3 Å². The number of hydrogen-bond acceptors (Lipinski definition) is 3. The zero-order valence-electron chi connectivity index (χ0n) is 10.7. The van der Waals surface area contributed by atoms with Gasteiger partial charge >= 0.3 is 0 Å². The third kappa shape index (κ3) is 3.20. The smallest absolute Gasteiger partial charge is 0.0802 e. The first-order valence-corrected chi connectivity index (χ1v) is 6.36. The molecule has 0 aromatic heterocycles. The van der Waals surface area contributed by atoms with Gasteiger partial charge in [-0.2, -0.15) is 0 Å². The Kier molecular flexibility index (Phi) is 4.02. The Morgan fingerprint density at radius 2 is 2.24 bits per heavy atom. The van der Waals surface area contributed by atoms with E-state index in [9.17, 15) is 5.11 Å². The number of anilines is 1. The van der Waals surface area contributed by atoms with Gasteiger partial charge in [-0.1, -0.05) is 12.1 Å². The molecule has 0 radical (unpaired) electrons. The van der Waals surface area contributed by atoms with Crippen molar-refractivity contribution in [2.45, 2.75) is 25.4 Å². The van der Waals surface area contributed by atoms with Crippen LogP contribution in [0.1, 0.15) is 30.1 Å². The number of hydrogen-bond donors (Lipinski definition) is 2. The average molecular weight is 234 g/mol. The van der Waals surface area contributed by atoms with Gasteiger partial charge in [0.25, 0.3) is 0 Å². The third-order valence-electron chi connectivity index (χ3n) is 3.30. The van der Waals surface area contributed by atoms with Gasteiger partial charge in [0.05, 0.1) is 6.10 Å². The van der Waals surface area contributed by atoms with Crippen LogP contribution in [0.5, 0.6) is 0 Å². The molecule has 0 saturated carbocycles. The normalized spacial score (nSPS) is 16.5. The second kappa shape index (κ2) is 5.52. The highest BCUT2D eigenvalue weighted by Gasteiger charge is 2.13. The Morgan fingerprint density at radius 1 is 1.41 bits per heavy atom. The molecular formula is C14H22N2O. The number of benzene rings is 1. The van der Waals surface area contributed by atoms with Crippen molar-refractivity contribution >= 4 is 5.69 Å². The molecule has 0 amide bonds. The van der Waals surface area contributed by atoms with E-state index >= 15 is 0 Å². The maximum atomic E-state index is 10.1. The van der Waals surface area contributed by atoms with Crippen molar-refractivity contribution < 1.29 is 5.11 Å². The molecule has 1 unspecified atom stereocenters. The summed E-state index contributed by atoms with van der Waals surface area (Å²) in [5.74, 6) is 0. The van der Waals surface area contributed by atoms with E-state index in [4.69, 9.17) is 0 Å². The van der Waals surface area contributed by atoms with Crippen LogP contribution in [0.15, 0.2) is 18.2 Å². The first-order chi connectivity index (χ1) is 8.16. The van der Waals surface area contributed by atoms with E-state index in [1.54, 1.807) is 0 Å². The van der Waals surface area contributed by atoms with Gasteiger partial charge in [-0.15, -0.1) is 0 Å². The van der Waals surface area contributed by atoms with Gasteiger partial charge in [0.15, 0.2) is 0 Å². The van der Waals surface area contributed by atoms with Crippen LogP contribution in [0.25, 0.3) is 0 Å². The Balaban J connectivity index is 2.05. The molecule has 17 heavy (non-hydrogen) atoms. The molecule has 0 saturated heterocycles. The molecule has 1 heterocycles. The predicted octanol–water partition coefficient (Wildman–Crippen LogP) is 2.03. The standard InChI is InChI=1S/C14H22N2O/c1-16(2)9-7-14(17)12-5-6-13-11(10-12)4-3-8-15-13/h5-6,10,14-15,17H,3-4,7-9H2,1-2H3. The highest BCUT2D eigenvalue weighted by Crippen LogP contribution is 2.26. The quantitative estimate of drug-likeness (QED) is 0.836. The predicted molar refractivity (Wildman–Crippen MR) is 71.4 cm³/mol. The molecule has 1 aliphatic rings. The monoisotopic (exact) mass is 234 g/mol. The van der Waals surface area contributed by atoms with Crippen molar-refractivity contribution in [3.05, 3.63) is 29.3 Å². The molecule has 1 aromatic carbocycles. The Morgan fingerprint density at radius 3 is 3.00 bits per heavy atom.